The van der Waals surface area contributed by atoms with E-state index in [1.165, 1.54) is 0 Å². The monoisotopic (exact) mass is 963 g/mol. The zero-order chi connectivity index (χ0) is 47.7. The number of para-hydroxylation sites is 2. The summed E-state index contributed by atoms with van der Waals surface area (Å²) in [4.78, 5) is 34.0. The number of hydrazine groups is 2. The van der Waals surface area contributed by atoms with Gasteiger partial charge in [0.15, 0.2) is 23.3 Å². The number of nitrogens with one attached hydrogen (secondary N) is 2. The van der Waals surface area contributed by atoms with Gasteiger partial charge in [-0.05, 0) is 70.8 Å². The van der Waals surface area contributed by atoms with Gasteiger partial charge in [-0.25, -0.2) is 31.3 Å². The van der Waals surface area contributed by atoms with Crippen molar-refractivity contribution in [2.45, 2.75) is 39.5 Å². The fourth-order valence-corrected chi connectivity index (χ4v) is 11.6. The normalized spacial score (nSPS) is 13.5. The summed E-state index contributed by atoms with van der Waals surface area (Å²) in [6.07, 6.45) is 0. The lowest BCUT2D eigenvalue weighted by Gasteiger charge is -2.31. The summed E-state index contributed by atoms with van der Waals surface area (Å²) in [5.74, 6) is -7.57. The Bertz CT molecular complexity index is 3370. The first-order chi connectivity index (χ1) is 32.7. The van der Waals surface area contributed by atoms with Crippen LogP contribution in [0.15, 0.2) is 91.0 Å². The maximum Gasteiger partial charge on any atom is 0.280 e. The first-order valence-electron chi connectivity index (χ1n) is 21.7. The molecule has 0 bridgehead atoms. The molecule has 0 saturated carbocycles. The van der Waals surface area contributed by atoms with Crippen molar-refractivity contribution in [1.82, 2.24) is 15.8 Å². The van der Waals surface area contributed by atoms with Crippen molar-refractivity contribution in [3.63, 3.8) is 0 Å². The number of thiophene rings is 2. The summed E-state index contributed by atoms with van der Waals surface area (Å²) < 4.78 is 102. The predicted molar refractivity (Wildman–Crippen MR) is 253 cm³/mol. The van der Waals surface area contributed by atoms with Crippen molar-refractivity contribution >= 4 is 66.0 Å². The number of ether oxygens (including phenoxy) is 2. The van der Waals surface area contributed by atoms with E-state index in [2.05, 4.69) is 10.9 Å². The number of halogens is 6. The molecule has 17 heteroatoms. The third kappa shape index (κ3) is 7.82. The van der Waals surface area contributed by atoms with Gasteiger partial charge in [0.05, 0.1) is 50.3 Å². The minimum absolute atomic E-state index is 0.0682. The molecule has 2 aliphatic heterocycles. The number of hydrogen-bond acceptors (Lipinski definition) is 9. The van der Waals surface area contributed by atoms with Gasteiger partial charge in [0, 0.05) is 44.5 Å². The molecule has 2 N–H and O–H groups in total. The summed E-state index contributed by atoms with van der Waals surface area (Å²) in [6, 6.07) is 21.9. The number of carbonyl (C=O) groups excluding carboxylic acids is 2. The molecule has 0 unspecified atom stereocenters. The quantitative estimate of drug-likeness (QED) is 0.110. The fourth-order valence-electron chi connectivity index (χ4n) is 8.89. The molecule has 0 radical (unpaired) electrons. The van der Waals surface area contributed by atoms with E-state index in [0.717, 1.165) is 34.8 Å². The Balaban J connectivity index is 1.03. The van der Waals surface area contributed by atoms with Crippen LogP contribution in [0.5, 0.6) is 11.5 Å². The number of amides is 2. The highest BCUT2D eigenvalue weighted by molar-refractivity contribution is 7.22. The van der Waals surface area contributed by atoms with Crippen molar-refractivity contribution in [3.05, 3.63) is 147 Å². The molecule has 0 saturated heterocycles. The maximum atomic E-state index is 15.8. The average molecular weight is 964 g/mol. The topological polar surface area (TPSA) is 96.0 Å². The molecule has 8 aromatic rings. The van der Waals surface area contributed by atoms with Gasteiger partial charge < -0.3 is 9.47 Å². The Morgan fingerprint density at radius 2 is 1.18 bits per heavy atom. The molecule has 0 spiro atoms. The van der Waals surface area contributed by atoms with Crippen LogP contribution in [0.1, 0.15) is 70.0 Å². The summed E-state index contributed by atoms with van der Waals surface area (Å²) in [7, 11) is 0. The SMILES string of the molecule is CC(C)c1c(C(=O)NN2CCOc3cc(-c4cc5c(C(C)C)c(C(=O)NN6CCOc7ccccc76)sc5c(-c5cc(F)cc(F)c5F)n4)ccc32)sc2c(-c3cc(F)cc(F)c3F)cccc12. The van der Waals surface area contributed by atoms with E-state index in [9.17, 15) is 27.2 Å². The van der Waals surface area contributed by atoms with Crippen LogP contribution in [0.2, 0.25) is 0 Å². The first kappa shape index (κ1) is 44.7. The van der Waals surface area contributed by atoms with E-state index in [-0.39, 0.29) is 47.5 Å². The van der Waals surface area contributed by atoms with Crippen molar-refractivity contribution < 1.29 is 45.4 Å². The summed E-state index contributed by atoms with van der Waals surface area (Å²) in [5.41, 5.74) is 8.70. The zero-order valence-corrected chi connectivity index (χ0v) is 38.3. The number of nitrogens with zero attached hydrogens (tertiary/aromatic N) is 3. The Morgan fingerprint density at radius 1 is 0.603 bits per heavy atom. The van der Waals surface area contributed by atoms with Crippen LogP contribution in [-0.4, -0.2) is 43.1 Å². The molecule has 5 heterocycles. The van der Waals surface area contributed by atoms with Gasteiger partial charge in [0.2, 0.25) is 0 Å². The molecule has 2 aliphatic rings. The molecule has 0 fully saturated rings. The molecule has 2 amide bonds. The van der Waals surface area contributed by atoms with Crippen molar-refractivity contribution in [1.29, 1.82) is 0 Å². The second-order valence-corrected chi connectivity index (χ2v) is 19.0. The van der Waals surface area contributed by atoms with Crippen LogP contribution in [-0.2, 0) is 0 Å². The number of fused-ring (bicyclic) bond motifs is 4. The molecule has 68 heavy (non-hydrogen) atoms. The Kier molecular flexibility index (Phi) is 11.5. The standard InChI is InChI=1S/C51H39F6N5O4S2/c1-24(2)41-30-9-7-8-29(31-19-27(52)21-34(54)43(31)56)46(30)67-48(41)50(63)60-62-15-17-66-40-18-26(12-13-38(40)62)36-23-32-42(25(3)4)49(51(64)59-61-14-16-65-39-11-6-5-10-37(39)61)68-47(32)45(58-36)33-20-28(53)22-35(55)44(33)57/h5-13,18-25H,14-17H2,1-4H3,(H,59,64)(H,60,63). The van der Waals surface area contributed by atoms with E-state index >= 15 is 8.78 Å². The van der Waals surface area contributed by atoms with E-state index in [4.69, 9.17) is 14.5 Å². The highest BCUT2D eigenvalue weighted by atomic mass is 32.1. The van der Waals surface area contributed by atoms with Gasteiger partial charge in [0.1, 0.15) is 36.3 Å². The minimum atomic E-state index is -1.40. The number of benzene rings is 5. The largest absolute Gasteiger partial charge is 0.489 e. The lowest BCUT2D eigenvalue weighted by Crippen LogP contribution is -2.46. The highest BCUT2D eigenvalue weighted by Gasteiger charge is 2.31. The summed E-state index contributed by atoms with van der Waals surface area (Å²) in [5, 5.41) is 4.51. The van der Waals surface area contributed by atoms with E-state index in [0.29, 0.717) is 94.8 Å². The smallest absolute Gasteiger partial charge is 0.280 e. The van der Waals surface area contributed by atoms with Crippen LogP contribution in [0.25, 0.3) is 53.8 Å². The van der Waals surface area contributed by atoms with E-state index in [1.807, 2.05) is 45.9 Å². The van der Waals surface area contributed by atoms with E-state index < -0.39 is 52.3 Å². The number of carbonyl (C=O) groups is 2. The lowest BCUT2D eigenvalue weighted by atomic mass is 9.96. The number of aromatic nitrogens is 1. The van der Waals surface area contributed by atoms with Crippen molar-refractivity contribution in [3.8, 4) is 45.1 Å². The molecule has 346 valence electrons. The summed E-state index contributed by atoms with van der Waals surface area (Å²) in [6.45, 7) is 8.73. The molecular formula is C51H39F6N5O4S2. The molecular weight excluding hydrogens is 925 g/mol. The van der Waals surface area contributed by atoms with Crippen LogP contribution in [0.4, 0.5) is 37.7 Å². The molecule has 5 aromatic carbocycles. The number of rotatable bonds is 9. The van der Waals surface area contributed by atoms with Gasteiger partial charge in [-0.3, -0.25) is 30.5 Å². The fraction of sp³-hybridized carbons (Fsp3) is 0.196. The van der Waals surface area contributed by atoms with Gasteiger partial charge in [-0.15, -0.1) is 22.7 Å². The van der Waals surface area contributed by atoms with Crippen LogP contribution in [0.3, 0.4) is 0 Å². The molecule has 0 atom stereocenters. The first-order valence-corrected chi connectivity index (χ1v) is 23.3. The molecule has 3 aromatic heterocycles. The average Bonchev–Trinajstić information content (AvgIpc) is 3.92. The molecule has 10 rings (SSSR count). The van der Waals surface area contributed by atoms with Crippen LogP contribution >= 0.6 is 22.7 Å². The molecule has 0 aliphatic carbocycles. The second kappa shape index (κ2) is 17.5. The zero-order valence-electron chi connectivity index (χ0n) is 36.7. The van der Waals surface area contributed by atoms with Crippen molar-refractivity contribution in [2.24, 2.45) is 0 Å². The second-order valence-electron chi connectivity index (χ2n) is 16.9. The molecule has 9 nitrogen and oxygen atoms in total. The van der Waals surface area contributed by atoms with Gasteiger partial charge in [-0.1, -0.05) is 64.1 Å². The third-order valence-electron chi connectivity index (χ3n) is 11.9. The summed E-state index contributed by atoms with van der Waals surface area (Å²) >= 11 is 2.14. The predicted octanol–water partition coefficient (Wildman–Crippen LogP) is 12.7. The third-order valence-corrected chi connectivity index (χ3v) is 14.4. The van der Waals surface area contributed by atoms with Gasteiger partial charge in [-0.2, -0.15) is 0 Å². The Morgan fingerprint density at radius 3 is 1.84 bits per heavy atom. The highest BCUT2D eigenvalue weighted by Crippen LogP contribution is 2.46. The van der Waals surface area contributed by atoms with Crippen LogP contribution in [0, 0.1) is 34.9 Å². The Hall–Kier alpha value is -7.11. The van der Waals surface area contributed by atoms with Gasteiger partial charge in [0.25, 0.3) is 11.8 Å². The van der Waals surface area contributed by atoms with Crippen molar-refractivity contribution in [2.75, 3.05) is 36.3 Å². The number of hydrogen-bond donors (Lipinski definition) is 2. The lowest BCUT2D eigenvalue weighted by molar-refractivity contribution is 0.0939. The number of anilines is 2. The number of pyridine rings is 1. The van der Waals surface area contributed by atoms with E-state index in [1.54, 1.807) is 58.5 Å². The minimum Gasteiger partial charge on any atom is -0.489 e. The van der Waals surface area contributed by atoms with Gasteiger partial charge >= 0.3 is 0 Å². The maximum absolute atomic E-state index is 15.8. The Labute approximate surface area is 393 Å². The van der Waals surface area contributed by atoms with Crippen LogP contribution < -0.4 is 30.3 Å².